The minimum atomic E-state index is -0.536. The summed E-state index contributed by atoms with van der Waals surface area (Å²) in [7, 11) is 2.99. The quantitative estimate of drug-likeness (QED) is 0.468. The van der Waals surface area contributed by atoms with Crippen LogP contribution in [0.4, 0.5) is 10.1 Å². The van der Waals surface area contributed by atoms with E-state index >= 15 is 0 Å². The molecule has 10 nitrogen and oxygen atoms in total. The Morgan fingerprint density at radius 3 is 2.72 bits per heavy atom. The molecule has 2 aromatic carbocycles. The molecule has 2 aromatic heterocycles. The van der Waals surface area contributed by atoms with E-state index in [2.05, 4.69) is 20.6 Å². The van der Waals surface area contributed by atoms with Gasteiger partial charge in [-0.15, -0.1) is 5.10 Å². The van der Waals surface area contributed by atoms with Crippen LogP contribution in [-0.2, 0) is 17.9 Å². The normalized spacial score (nSPS) is 10.8. The average Bonchev–Trinajstić information content (AvgIpc) is 3.21. The van der Waals surface area contributed by atoms with Gasteiger partial charge in [-0.1, -0.05) is 23.4 Å². The van der Waals surface area contributed by atoms with Crippen LogP contribution in [0.2, 0.25) is 0 Å². The first-order chi connectivity index (χ1) is 15.5. The molecule has 164 valence electrons. The van der Waals surface area contributed by atoms with Crippen LogP contribution in [0.25, 0.3) is 11.2 Å². The third-order valence-corrected chi connectivity index (χ3v) is 4.77. The van der Waals surface area contributed by atoms with Crippen LogP contribution in [0.15, 0.2) is 53.6 Å². The smallest absolute Gasteiger partial charge is 0.283 e. The van der Waals surface area contributed by atoms with Gasteiger partial charge in [0, 0.05) is 11.6 Å². The predicted molar refractivity (Wildman–Crippen MR) is 113 cm³/mol. The molecule has 0 saturated carbocycles. The second kappa shape index (κ2) is 8.84. The summed E-state index contributed by atoms with van der Waals surface area (Å²) < 4.78 is 26.8. The fraction of sp³-hybridized carbons (Fsp3) is 0.190. The van der Waals surface area contributed by atoms with Gasteiger partial charge in [-0.25, -0.2) is 14.1 Å². The number of aromatic nitrogens is 5. The number of ether oxygens (including phenoxy) is 2. The van der Waals surface area contributed by atoms with Crippen molar-refractivity contribution in [3.05, 3.63) is 70.5 Å². The number of fused-ring (bicyclic) bond motifs is 1. The van der Waals surface area contributed by atoms with Crippen molar-refractivity contribution in [2.24, 2.45) is 0 Å². The number of methoxy groups -OCH3 is 2. The van der Waals surface area contributed by atoms with Crippen molar-refractivity contribution in [1.29, 1.82) is 0 Å². The summed E-state index contributed by atoms with van der Waals surface area (Å²) in [4.78, 5) is 29.5. The molecule has 4 aromatic rings. The molecule has 0 aliphatic rings. The Kier molecular flexibility index (Phi) is 5.79. The molecular formula is C21H19FN6O4. The van der Waals surface area contributed by atoms with E-state index in [1.165, 1.54) is 31.3 Å². The zero-order valence-corrected chi connectivity index (χ0v) is 17.3. The molecule has 11 heteroatoms. The van der Waals surface area contributed by atoms with Crippen LogP contribution < -0.4 is 20.3 Å². The number of hydrogen-bond acceptors (Lipinski definition) is 7. The fourth-order valence-electron chi connectivity index (χ4n) is 3.14. The van der Waals surface area contributed by atoms with Crippen molar-refractivity contribution < 1.29 is 18.7 Å². The van der Waals surface area contributed by atoms with E-state index in [1.807, 2.05) is 0 Å². The third-order valence-electron chi connectivity index (χ3n) is 4.77. The van der Waals surface area contributed by atoms with Crippen molar-refractivity contribution in [1.82, 2.24) is 24.5 Å². The molecular weight excluding hydrogens is 419 g/mol. The molecule has 0 atom stereocenters. The van der Waals surface area contributed by atoms with Gasteiger partial charge in [0.15, 0.2) is 11.2 Å². The van der Waals surface area contributed by atoms with Gasteiger partial charge >= 0.3 is 0 Å². The number of halogens is 1. The van der Waals surface area contributed by atoms with Gasteiger partial charge in [-0.3, -0.25) is 14.2 Å². The Labute approximate surface area is 181 Å². The summed E-state index contributed by atoms with van der Waals surface area (Å²) in [5.41, 5.74) is 0.464. The van der Waals surface area contributed by atoms with E-state index in [4.69, 9.17) is 9.47 Å². The van der Waals surface area contributed by atoms with Gasteiger partial charge in [0.25, 0.3) is 5.56 Å². The molecule has 4 rings (SSSR count). The highest BCUT2D eigenvalue weighted by atomic mass is 19.1. The molecule has 0 bridgehead atoms. The number of nitrogens with zero attached hydrogens (tertiary/aromatic N) is 5. The molecule has 0 aliphatic heterocycles. The average molecular weight is 438 g/mol. The predicted octanol–water partition coefficient (Wildman–Crippen LogP) is 1.83. The zero-order chi connectivity index (χ0) is 22.7. The lowest BCUT2D eigenvalue weighted by Crippen LogP contribution is -2.28. The summed E-state index contributed by atoms with van der Waals surface area (Å²) in [6.07, 6.45) is 1.23. The lowest BCUT2D eigenvalue weighted by Gasteiger charge is -2.12. The van der Waals surface area contributed by atoms with Gasteiger partial charge < -0.3 is 14.8 Å². The lowest BCUT2D eigenvalue weighted by atomic mass is 10.2. The number of amides is 1. The van der Waals surface area contributed by atoms with Gasteiger partial charge in [-0.05, 0) is 18.2 Å². The van der Waals surface area contributed by atoms with Crippen LogP contribution >= 0.6 is 0 Å². The first-order valence-electron chi connectivity index (χ1n) is 9.54. The van der Waals surface area contributed by atoms with E-state index in [-0.39, 0.29) is 24.3 Å². The standard InChI is InChI=1S/C21H19FN6O4/c1-31-14-7-8-16(17(9-14)32-2)24-18(29)11-27-12-23-20-19(21(27)30)25-26-28(20)10-13-5-3-4-6-15(13)22/h3-9,12H,10-11H2,1-2H3,(H,24,29). The first-order valence-corrected chi connectivity index (χ1v) is 9.54. The largest absolute Gasteiger partial charge is 0.497 e. The zero-order valence-electron chi connectivity index (χ0n) is 17.3. The van der Waals surface area contributed by atoms with Crippen LogP contribution in [-0.4, -0.2) is 44.7 Å². The molecule has 2 heterocycles. The van der Waals surface area contributed by atoms with Crippen molar-refractivity contribution in [3.63, 3.8) is 0 Å². The molecule has 0 spiro atoms. The van der Waals surface area contributed by atoms with Crippen LogP contribution in [0, 0.1) is 5.82 Å². The number of rotatable bonds is 7. The Balaban J connectivity index is 1.54. The number of anilines is 1. The Hall–Kier alpha value is -4.28. The number of nitrogens with one attached hydrogen (secondary N) is 1. The first kappa shape index (κ1) is 21.0. The van der Waals surface area contributed by atoms with Crippen LogP contribution in [0.3, 0.4) is 0 Å². The van der Waals surface area contributed by atoms with E-state index in [0.29, 0.717) is 22.7 Å². The fourth-order valence-corrected chi connectivity index (χ4v) is 3.14. The van der Waals surface area contributed by atoms with E-state index in [0.717, 1.165) is 4.57 Å². The van der Waals surface area contributed by atoms with E-state index < -0.39 is 17.3 Å². The Morgan fingerprint density at radius 1 is 1.16 bits per heavy atom. The van der Waals surface area contributed by atoms with Crippen molar-refractivity contribution in [2.75, 3.05) is 19.5 Å². The van der Waals surface area contributed by atoms with Crippen molar-refractivity contribution in [3.8, 4) is 11.5 Å². The summed E-state index contributed by atoms with van der Waals surface area (Å²) in [6, 6.07) is 11.2. The minimum Gasteiger partial charge on any atom is -0.497 e. The molecule has 32 heavy (non-hydrogen) atoms. The molecule has 1 amide bonds. The van der Waals surface area contributed by atoms with Gasteiger partial charge in [0.2, 0.25) is 5.91 Å². The highest BCUT2D eigenvalue weighted by Gasteiger charge is 2.16. The monoisotopic (exact) mass is 438 g/mol. The summed E-state index contributed by atoms with van der Waals surface area (Å²) in [5, 5.41) is 10.5. The van der Waals surface area contributed by atoms with E-state index in [1.54, 1.807) is 36.4 Å². The molecule has 1 N–H and O–H groups in total. The van der Waals surface area contributed by atoms with E-state index in [9.17, 15) is 14.0 Å². The number of carbonyl (C=O) groups excluding carboxylic acids is 1. The van der Waals surface area contributed by atoms with Crippen LogP contribution in [0.5, 0.6) is 11.5 Å². The topological polar surface area (TPSA) is 113 Å². The second-order valence-corrected chi connectivity index (χ2v) is 6.80. The third kappa shape index (κ3) is 4.13. The summed E-state index contributed by atoms with van der Waals surface area (Å²) in [6.45, 7) is -0.228. The maximum absolute atomic E-state index is 13.9. The summed E-state index contributed by atoms with van der Waals surface area (Å²) in [5.74, 6) is 0.129. The molecule has 0 fully saturated rings. The maximum atomic E-state index is 13.9. The lowest BCUT2D eigenvalue weighted by molar-refractivity contribution is -0.116. The number of carbonyl (C=O) groups is 1. The van der Waals surface area contributed by atoms with Crippen molar-refractivity contribution >= 4 is 22.8 Å². The minimum absolute atomic E-state index is 0.0151. The van der Waals surface area contributed by atoms with Crippen LogP contribution in [0.1, 0.15) is 5.56 Å². The Morgan fingerprint density at radius 2 is 1.97 bits per heavy atom. The number of benzene rings is 2. The van der Waals surface area contributed by atoms with Gasteiger partial charge in [0.1, 0.15) is 30.2 Å². The maximum Gasteiger partial charge on any atom is 0.283 e. The molecule has 0 unspecified atom stereocenters. The van der Waals surface area contributed by atoms with Gasteiger partial charge in [-0.2, -0.15) is 0 Å². The SMILES string of the molecule is COc1ccc(NC(=O)Cn2cnc3c(nnn3Cc3ccccc3F)c2=O)c(OC)c1. The summed E-state index contributed by atoms with van der Waals surface area (Å²) >= 11 is 0. The molecule has 0 radical (unpaired) electrons. The second-order valence-electron chi connectivity index (χ2n) is 6.80. The van der Waals surface area contributed by atoms with Crippen molar-refractivity contribution in [2.45, 2.75) is 13.1 Å². The highest BCUT2D eigenvalue weighted by molar-refractivity contribution is 5.92. The van der Waals surface area contributed by atoms with Gasteiger partial charge in [0.05, 0.1) is 26.5 Å². The highest BCUT2D eigenvalue weighted by Crippen LogP contribution is 2.28. The number of hydrogen-bond donors (Lipinski definition) is 1. The molecule has 0 saturated heterocycles. The Bertz CT molecular complexity index is 1350. The molecule has 0 aliphatic carbocycles.